The van der Waals surface area contributed by atoms with Gasteiger partial charge in [-0.25, -0.2) is 4.39 Å². The van der Waals surface area contributed by atoms with Gasteiger partial charge in [0.15, 0.2) is 0 Å². The molecule has 3 heteroatoms. The number of ketones is 1. The molecule has 2 atom stereocenters. The van der Waals surface area contributed by atoms with E-state index in [2.05, 4.69) is 29.8 Å². The average Bonchev–Trinajstić information content (AvgIpc) is 2.41. The second-order valence-electron chi connectivity index (χ2n) is 5.59. The number of halogens is 2. The minimum Gasteiger partial charge on any atom is -0.300 e. The fraction of sp³-hybridized carbons (Fsp3) is 0.588. The SMILES string of the molecule is CCCC(=O)C[C@@H](Cc1ccc(F)c(Br)c1)C(C)CC. The Kier molecular flexibility index (Phi) is 7.42. The highest BCUT2D eigenvalue weighted by molar-refractivity contribution is 9.10. The maximum atomic E-state index is 13.3. The van der Waals surface area contributed by atoms with Crippen molar-refractivity contribution in [1.29, 1.82) is 0 Å². The molecule has 1 unspecified atom stereocenters. The Morgan fingerprint density at radius 2 is 2.05 bits per heavy atom. The summed E-state index contributed by atoms with van der Waals surface area (Å²) in [6.07, 6.45) is 4.11. The first-order chi connectivity index (χ1) is 9.47. The molecule has 0 heterocycles. The fourth-order valence-corrected chi connectivity index (χ4v) is 2.88. The number of benzene rings is 1. The molecule has 0 bridgehead atoms. The van der Waals surface area contributed by atoms with Crippen LogP contribution in [0.1, 0.15) is 52.0 Å². The van der Waals surface area contributed by atoms with Crippen LogP contribution in [0, 0.1) is 17.7 Å². The predicted octanol–water partition coefficient (Wildman–Crippen LogP) is 5.55. The highest BCUT2D eigenvalue weighted by atomic mass is 79.9. The van der Waals surface area contributed by atoms with Crippen molar-refractivity contribution in [2.75, 3.05) is 0 Å². The Morgan fingerprint density at radius 1 is 1.35 bits per heavy atom. The van der Waals surface area contributed by atoms with E-state index in [4.69, 9.17) is 0 Å². The van der Waals surface area contributed by atoms with Crippen LogP contribution < -0.4 is 0 Å². The molecule has 0 saturated heterocycles. The molecular formula is C17H24BrFO. The maximum absolute atomic E-state index is 13.3. The topological polar surface area (TPSA) is 17.1 Å². The lowest BCUT2D eigenvalue weighted by atomic mass is 9.82. The van der Waals surface area contributed by atoms with Gasteiger partial charge >= 0.3 is 0 Å². The highest BCUT2D eigenvalue weighted by Crippen LogP contribution is 2.26. The van der Waals surface area contributed by atoms with Crippen LogP contribution in [-0.2, 0) is 11.2 Å². The summed E-state index contributed by atoms with van der Waals surface area (Å²) in [6, 6.07) is 5.13. The molecule has 1 rings (SSSR count). The lowest BCUT2D eigenvalue weighted by molar-refractivity contribution is -0.120. The van der Waals surface area contributed by atoms with E-state index >= 15 is 0 Å². The summed E-state index contributed by atoms with van der Waals surface area (Å²) in [7, 11) is 0. The molecule has 0 aromatic heterocycles. The first-order valence-electron chi connectivity index (χ1n) is 7.43. The molecule has 0 aliphatic heterocycles. The minimum absolute atomic E-state index is 0.240. The predicted molar refractivity (Wildman–Crippen MR) is 85.3 cm³/mol. The molecular weight excluding hydrogens is 319 g/mol. The molecule has 0 N–H and O–H groups in total. The zero-order valence-electron chi connectivity index (χ0n) is 12.6. The van der Waals surface area contributed by atoms with E-state index in [9.17, 15) is 9.18 Å². The molecule has 112 valence electrons. The number of Topliss-reactive ketones (excluding diaryl/α,β-unsaturated/α-hetero) is 1. The van der Waals surface area contributed by atoms with E-state index in [1.807, 2.05) is 19.1 Å². The van der Waals surface area contributed by atoms with E-state index in [-0.39, 0.29) is 5.82 Å². The van der Waals surface area contributed by atoms with Crippen molar-refractivity contribution in [3.05, 3.63) is 34.1 Å². The largest absolute Gasteiger partial charge is 0.300 e. The number of hydrogen-bond acceptors (Lipinski definition) is 1. The lowest BCUT2D eigenvalue weighted by Gasteiger charge is -2.22. The summed E-state index contributed by atoms with van der Waals surface area (Å²) in [6.45, 7) is 6.39. The van der Waals surface area contributed by atoms with Gasteiger partial charge in [0.2, 0.25) is 0 Å². The third-order valence-corrected chi connectivity index (χ3v) is 4.56. The maximum Gasteiger partial charge on any atom is 0.137 e. The van der Waals surface area contributed by atoms with E-state index < -0.39 is 0 Å². The minimum atomic E-state index is -0.240. The Hall–Kier alpha value is -0.700. The van der Waals surface area contributed by atoms with Crippen LogP contribution in [0.4, 0.5) is 4.39 Å². The first kappa shape index (κ1) is 17.4. The number of rotatable bonds is 8. The van der Waals surface area contributed by atoms with Gasteiger partial charge in [0, 0.05) is 12.8 Å². The fourth-order valence-electron chi connectivity index (χ4n) is 2.45. The lowest BCUT2D eigenvalue weighted by Crippen LogP contribution is -2.18. The monoisotopic (exact) mass is 342 g/mol. The molecule has 1 aromatic rings. The van der Waals surface area contributed by atoms with Crippen LogP contribution in [0.25, 0.3) is 0 Å². The summed E-state index contributed by atoms with van der Waals surface area (Å²) in [4.78, 5) is 11.9. The Bertz CT molecular complexity index is 445. The molecule has 0 aliphatic rings. The third kappa shape index (κ3) is 5.35. The van der Waals surface area contributed by atoms with Gasteiger partial charge in [-0.3, -0.25) is 4.79 Å². The van der Waals surface area contributed by atoms with Crippen LogP contribution in [0.15, 0.2) is 22.7 Å². The van der Waals surface area contributed by atoms with Gasteiger partial charge in [0.05, 0.1) is 4.47 Å². The van der Waals surface area contributed by atoms with E-state index in [0.29, 0.717) is 34.9 Å². The number of carbonyl (C=O) groups excluding carboxylic acids is 1. The number of carbonyl (C=O) groups is 1. The Morgan fingerprint density at radius 3 is 2.60 bits per heavy atom. The van der Waals surface area contributed by atoms with E-state index in [1.54, 1.807) is 0 Å². The van der Waals surface area contributed by atoms with Crippen LogP contribution in [0.5, 0.6) is 0 Å². The van der Waals surface area contributed by atoms with Crippen LogP contribution >= 0.6 is 15.9 Å². The average molecular weight is 343 g/mol. The van der Waals surface area contributed by atoms with Gasteiger partial charge in [-0.2, -0.15) is 0 Å². The Labute approximate surface area is 130 Å². The standard InChI is InChI=1S/C17H24BrFO/c1-4-6-15(20)11-14(12(3)5-2)9-13-7-8-17(19)16(18)10-13/h7-8,10,12,14H,4-6,9,11H2,1-3H3/t12?,14-/m1/s1. The molecule has 20 heavy (non-hydrogen) atoms. The quantitative estimate of drug-likeness (QED) is 0.605. The van der Waals surface area contributed by atoms with Gasteiger partial charge in [0.1, 0.15) is 11.6 Å². The molecule has 0 amide bonds. The van der Waals surface area contributed by atoms with Crippen molar-refractivity contribution in [3.63, 3.8) is 0 Å². The normalized spacial score (nSPS) is 14.1. The summed E-state index contributed by atoms with van der Waals surface area (Å²) >= 11 is 3.22. The van der Waals surface area contributed by atoms with Crippen molar-refractivity contribution in [2.24, 2.45) is 11.8 Å². The van der Waals surface area contributed by atoms with Gasteiger partial charge in [-0.1, -0.05) is 33.3 Å². The Balaban J connectivity index is 2.78. The van der Waals surface area contributed by atoms with Gasteiger partial charge in [-0.15, -0.1) is 0 Å². The third-order valence-electron chi connectivity index (χ3n) is 3.95. The first-order valence-corrected chi connectivity index (χ1v) is 8.22. The number of hydrogen-bond donors (Lipinski definition) is 0. The zero-order valence-corrected chi connectivity index (χ0v) is 14.2. The van der Waals surface area contributed by atoms with Crippen molar-refractivity contribution in [1.82, 2.24) is 0 Å². The van der Waals surface area contributed by atoms with Crippen LogP contribution in [-0.4, -0.2) is 5.78 Å². The molecule has 0 radical (unpaired) electrons. The van der Waals surface area contributed by atoms with Crippen molar-refractivity contribution >= 4 is 21.7 Å². The van der Waals surface area contributed by atoms with Gasteiger partial charge in [-0.05, 0) is 58.3 Å². The molecule has 1 nitrogen and oxygen atoms in total. The molecule has 0 saturated carbocycles. The summed E-state index contributed by atoms with van der Waals surface area (Å²) in [5.74, 6) is 0.950. The highest BCUT2D eigenvalue weighted by Gasteiger charge is 2.20. The van der Waals surface area contributed by atoms with Crippen LogP contribution in [0.2, 0.25) is 0 Å². The smallest absolute Gasteiger partial charge is 0.137 e. The summed E-state index contributed by atoms with van der Waals surface area (Å²) < 4.78 is 13.8. The van der Waals surface area contributed by atoms with Gasteiger partial charge < -0.3 is 0 Å². The van der Waals surface area contributed by atoms with Crippen molar-refractivity contribution < 1.29 is 9.18 Å². The van der Waals surface area contributed by atoms with Gasteiger partial charge in [0.25, 0.3) is 0 Å². The second kappa shape index (κ2) is 8.56. The van der Waals surface area contributed by atoms with Crippen molar-refractivity contribution in [2.45, 2.75) is 52.9 Å². The molecule has 0 aliphatic carbocycles. The summed E-state index contributed by atoms with van der Waals surface area (Å²) in [5, 5.41) is 0. The van der Waals surface area contributed by atoms with E-state index in [0.717, 1.165) is 24.8 Å². The molecule has 1 aromatic carbocycles. The molecule has 0 spiro atoms. The molecule has 0 fully saturated rings. The van der Waals surface area contributed by atoms with Crippen molar-refractivity contribution in [3.8, 4) is 0 Å². The van der Waals surface area contributed by atoms with E-state index in [1.165, 1.54) is 6.07 Å². The zero-order chi connectivity index (χ0) is 15.1. The second-order valence-corrected chi connectivity index (χ2v) is 6.45. The van der Waals surface area contributed by atoms with Crippen LogP contribution in [0.3, 0.4) is 0 Å². The summed E-state index contributed by atoms with van der Waals surface area (Å²) in [5.41, 5.74) is 1.09.